The van der Waals surface area contributed by atoms with E-state index in [0.717, 1.165) is 0 Å². The van der Waals surface area contributed by atoms with E-state index in [-0.39, 0.29) is 18.6 Å². The van der Waals surface area contributed by atoms with Crippen LogP contribution >= 0.6 is 0 Å². The van der Waals surface area contributed by atoms with Crippen molar-refractivity contribution < 1.29 is 9.90 Å². The van der Waals surface area contributed by atoms with Gasteiger partial charge in [0.1, 0.15) is 0 Å². The Bertz CT molecular complexity index is 406. The van der Waals surface area contributed by atoms with Gasteiger partial charge in [-0.1, -0.05) is 13.0 Å². The van der Waals surface area contributed by atoms with Crippen LogP contribution in [-0.4, -0.2) is 23.7 Å². The Hall–Kier alpha value is -1.86. The Kier molecular flexibility index (Phi) is 4.49. The van der Waals surface area contributed by atoms with Crippen molar-refractivity contribution in [3.63, 3.8) is 0 Å². The second-order valence-electron chi connectivity index (χ2n) is 3.45. The number of rotatable bonds is 4. The van der Waals surface area contributed by atoms with Gasteiger partial charge in [0.15, 0.2) is 0 Å². The molecule has 1 aromatic carbocycles. The van der Waals surface area contributed by atoms with Crippen LogP contribution in [0.15, 0.2) is 24.3 Å². The van der Waals surface area contributed by atoms with Gasteiger partial charge in [-0.25, -0.2) is 0 Å². The average Bonchev–Trinajstić information content (AvgIpc) is 2.35. The van der Waals surface area contributed by atoms with Gasteiger partial charge in [-0.2, -0.15) is 5.26 Å². The summed E-state index contributed by atoms with van der Waals surface area (Å²) in [5.74, 6) is -0.266. The number of aliphatic hydroxyl groups excluding tert-OH is 1. The first-order valence-corrected chi connectivity index (χ1v) is 5.13. The van der Waals surface area contributed by atoms with E-state index in [4.69, 9.17) is 10.4 Å². The monoisotopic (exact) mass is 218 g/mol. The number of aliphatic hydroxyl groups is 1. The fourth-order valence-electron chi connectivity index (χ4n) is 1.28. The SMILES string of the molecule is CCC(CO)NC(=O)c1cccc(C#N)c1. The van der Waals surface area contributed by atoms with Crippen molar-refractivity contribution in [2.45, 2.75) is 19.4 Å². The van der Waals surface area contributed by atoms with E-state index in [1.54, 1.807) is 18.2 Å². The summed E-state index contributed by atoms with van der Waals surface area (Å²) in [7, 11) is 0. The predicted octanol–water partition coefficient (Wildman–Crippen LogP) is 1.06. The number of carbonyl (C=O) groups excluding carboxylic acids is 1. The van der Waals surface area contributed by atoms with E-state index < -0.39 is 0 Å². The molecule has 0 aliphatic carbocycles. The minimum absolute atomic E-state index is 0.0832. The fraction of sp³-hybridized carbons (Fsp3) is 0.333. The Morgan fingerprint density at radius 3 is 2.94 bits per heavy atom. The molecule has 0 aromatic heterocycles. The van der Waals surface area contributed by atoms with E-state index in [9.17, 15) is 4.79 Å². The highest BCUT2D eigenvalue weighted by Crippen LogP contribution is 2.04. The smallest absolute Gasteiger partial charge is 0.251 e. The van der Waals surface area contributed by atoms with Gasteiger partial charge in [-0.05, 0) is 24.6 Å². The molecule has 1 atom stereocenters. The van der Waals surface area contributed by atoms with E-state index >= 15 is 0 Å². The molecule has 0 spiro atoms. The molecule has 1 aromatic rings. The molecule has 0 radical (unpaired) electrons. The molecule has 16 heavy (non-hydrogen) atoms. The summed E-state index contributed by atoms with van der Waals surface area (Å²) in [4.78, 5) is 11.7. The summed E-state index contributed by atoms with van der Waals surface area (Å²) in [5.41, 5.74) is 0.885. The Morgan fingerprint density at radius 2 is 2.38 bits per heavy atom. The van der Waals surface area contributed by atoms with E-state index in [1.807, 2.05) is 13.0 Å². The van der Waals surface area contributed by atoms with Crippen LogP contribution in [0.25, 0.3) is 0 Å². The van der Waals surface area contributed by atoms with Crippen LogP contribution in [0.5, 0.6) is 0 Å². The lowest BCUT2D eigenvalue weighted by atomic mass is 10.1. The minimum atomic E-state index is -0.266. The van der Waals surface area contributed by atoms with E-state index in [1.165, 1.54) is 6.07 Å². The van der Waals surface area contributed by atoms with Crippen molar-refractivity contribution in [2.75, 3.05) is 6.61 Å². The molecule has 0 saturated heterocycles. The summed E-state index contributed by atoms with van der Waals surface area (Å²) in [6.45, 7) is 1.80. The highest BCUT2D eigenvalue weighted by Gasteiger charge is 2.11. The number of benzene rings is 1. The second-order valence-corrected chi connectivity index (χ2v) is 3.45. The lowest BCUT2D eigenvalue weighted by Crippen LogP contribution is -2.36. The zero-order chi connectivity index (χ0) is 12.0. The van der Waals surface area contributed by atoms with Gasteiger partial charge >= 0.3 is 0 Å². The normalized spacial score (nSPS) is 11.6. The first kappa shape index (κ1) is 12.2. The van der Waals surface area contributed by atoms with Crippen LogP contribution in [0.2, 0.25) is 0 Å². The highest BCUT2D eigenvalue weighted by molar-refractivity contribution is 5.94. The number of carbonyl (C=O) groups is 1. The van der Waals surface area contributed by atoms with Crippen molar-refractivity contribution in [1.82, 2.24) is 5.32 Å². The Balaban J connectivity index is 2.77. The summed E-state index contributed by atoms with van der Waals surface area (Å²) in [6, 6.07) is 8.20. The van der Waals surface area contributed by atoms with E-state index in [0.29, 0.717) is 17.5 Å². The van der Waals surface area contributed by atoms with Crippen molar-refractivity contribution in [1.29, 1.82) is 5.26 Å². The van der Waals surface area contributed by atoms with Gasteiger partial charge in [-0.15, -0.1) is 0 Å². The van der Waals surface area contributed by atoms with Crippen LogP contribution in [0, 0.1) is 11.3 Å². The molecule has 0 heterocycles. The Labute approximate surface area is 94.5 Å². The molecule has 0 saturated carbocycles. The number of nitrogens with one attached hydrogen (secondary N) is 1. The van der Waals surface area contributed by atoms with Crippen LogP contribution in [0.4, 0.5) is 0 Å². The largest absolute Gasteiger partial charge is 0.394 e. The number of nitriles is 1. The number of amides is 1. The third-order valence-electron chi connectivity index (χ3n) is 2.30. The molecule has 84 valence electrons. The summed E-state index contributed by atoms with van der Waals surface area (Å²) < 4.78 is 0. The van der Waals surface area contributed by atoms with Gasteiger partial charge in [0.2, 0.25) is 0 Å². The second kappa shape index (κ2) is 5.89. The van der Waals surface area contributed by atoms with Crippen LogP contribution in [0.3, 0.4) is 0 Å². The quantitative estimate of drug-likeness (QED) is 0.793. The maximum atomic E-state index is 11.7. The first-order chi connectivity index (χ1) is 7.71. The first-order valence-electron chi connectivity index (χ1n) is 5.13. The average molecular weight is 218 g/mol. The molecule has 4 heteroatoms. The summed E-state index contributed by atoms with van der Waals surface area (Å²) in [6.07, 6.45) is 0.667. The molecule has 1 amide bonds. The zero-order valence-electron chi connectivity index (χ0n) is 9.10. The lowest BCUT2D eigenvalue weighted by Gasteiger charge is -2.13. The van der Waals surface area contributed by atoms with Crippen molar-refractivity contribution in [3.05, 3.63) is 35.4 Å². The number of hydrogen-bond acceptors (Lipinski definition) is 3. The van der Waals surface area contributed by atoms with Gasteiger partial charge in [0.05, 0.1) is 24.3 Å². The third-order valence-corrected chi connectivity index (χ3v) is 2.30. The molecule has 1 rings (SSSR count). The molecule has 2 N–H and O–H groups in total. The molecule has 4 nitrogen and oxygen atoms in total. The third kappa shape index (κ3) is 3.07. The fourth-order valence-corrected chi connectivity index (χ4v) is 1.28. The zero-order valence-corrected chi connectivity index (χ0v) is 9.10. The van der Waals surface area contributed by atoms with Crippen molar-refractivity contribution in [3.8, 4) is 6.07 Å². The number of hydrogen-bond donors (Lipinski definition) is 2. The lowest BCUT2D eigenvalue weighted by molar-refractivity contribution is 0.0915. The minimum Gasteiger partial charge on any atom is -0.394 e. The maximum Gasteiger partial charge on any atom is 0.251 e. The Morgan fingerprint density at radius 1 is 1.62 bits per heavy atom. The van der Waals surface area contributed by atoms with Crippen LogP contribution in [-0.2, 0) is 0 Å². The summed E-state index contributed by atoms with van der Waals surface area (Å²) in [5, 5.41) is 20.3. The van der Waals surface area contributed by atoms with Gasteiger partial charge in [0.25, 0.3) is 5.91 Å². The molecule has 0 bridgehead atoms. The number of nitrogens with zero attached hydrogens (tertiary/aromatic N) is 1. The van der Waals surface area contributed by atoms with Crippen molar-refractivity contribution in [2.24, 2.45) is 0 Å². The van der Waals surface area contributed by atoms with Crippen molar-refractivity contribution >= 4 is 5.91 Å². The highest BCUT2D eigenvalue weighted by atomic mass is 16.3. The topological polar surface area (TPSA) is 73.1 Å². The predicted molar refractivity (Wildman–Crippen MR) is 59.8 cm³/mol. The molecular weight excluding hydrogens is 204 g/mol. The van der Waals surface area contributed by atoms with Crippen LogP contribution < -0.4 is 5.32 Å². The molecule has 0 aliphatic heterocycles. The molecule has 0 aliphatic rings. The van der Waals surface area contributed by atoms with Gasteiger partial charge in [-0.3, -0.25) is 4.79 Å². The standard InChI is InChI=1S/C12H14N2O2/c1-2-11(8-15)14-12(16)10-5-3-4-9(6-10)7-13/h3-6,11,15H,2,8H2,1H3,(H,14,16). The maximum absolute atomic E-state index is 11.7. The molecule has 1 unspecified atom stereocenters. The molecular formula is C12H14N2O2. The van der Waals surface area contributed by atoms with Crippen LogP contribution in [0.1, 0.15) is 29.3 Å². The van der Waals surface area contributed by atoms with E-state index in [2.05, 4.69) is 5.32 Å². The van der Waals surface area contributed by atoms with Gasteiger partial charge in [0, 0.05) is 5.56 Å². The van der Waals surface area contributed by atoms with Gasteiger partial charge < -0.3 is 10.4 Å². The molecule has 0 fully saturated rings. The summed E-state index contributed by atoms with van der Waals surface area (Å²) >= 11 is 0.